The predicted molar refractivity (Wildman–Crippen MR) is 103 cm³/mol. The van der Waals surface area contributed by atoms with Crippen LogP contribution in [0.3, 0.4) is 0 Å². The van der Waals surface area contributed by atoms with E-state index in [-0.39, 0.29) is 11.6 Å². The van der Waals surface area contributed by atoms with Crippen LogP contribution in [0.25, 0.3) is 10.9 Å². The fraction of sp³-hybridized carbons (Fsp3) is 0.250. The topological polar surface area (TPSA) is 77.9 Å². The molecular formula is C20H21N5O2. The smallest absolute Gasteiger partial charge is 0.278 e. The number of carbonyl (C=O) groups is 1. The highest BCUT2D eigenvalue weighted by Gasteiger charge is 2.20. The van der Waals surface area contributed by atoms with Crippen LogP contribution in [0.15, 0.2) is 47.2 Å². The molecule has 0 saturated heterocycles. The van der Waals surface area contributed by atoms with E-state index in [2.05, 4.69) is 40.1 Å². The lowest BCUT2D eigenvalue weighted by molar-refractivity contribution is 0.101. The van der Waals surface area contributed by atoms with Gasteiger partial charge in [-0.2, -0.15) is 5.10 Å². The molecule has 1 amide bonds. The van der Waals surface area contributed by atoms with Crippen LogP contribution in [0.5, 0.6) is 0 Å². The van der Waals surface area contributed by atoms with Crippen LogP contribution in [-0.4, -0.2) is 25.4 Å². The van der Waals surface area contributed by atoms with Gasteiger partial charge >= 0.3 is 0 Å². The Bertz CT molecular complexity index is 1110. The Hall–Kier alpha value is -3.35. The van der Waals surface area contributed by atoms with Gasteiger partial charge in [0.25, 0.3) is 5.91 Å². The SMILES string of the molecule is CCn1c(C)cc2cc(NC(=O)c3noc(C)c3Cn3cccn3)ccc21. The number of benzene rings is 1. The molecule has 3 heterocycles. The van der Waals surface area contributed by atoms with Crippen molar-refractivity contribution in [3.8, 4) is 0 Å². The van der Waals surface area contributed by atoms with Crippen LogP contribution in [-0.2, 0) is 13.1 Å². The number of aromatic nitrogens is 4. The van der Waals surface area contributed by atoms with E-state index in [9.17, 15) is 4.79 Å². The van der Waals surface area contributed by atoms with Crippen molar-refractivity contribution in [2.75, 3.05) is 5.32 Å². The Balaban J connectivity index is 1.60. The molecule has 0 spiro atoms. The second-order valence-corrected chi connectivity index (χ2v) is 6.53. The van der Waals surface area contributed by atoms with Gasteiger partial charge in [-0.3, -0.25) is 9.48 Å². The molecule has 27 heavy (non-hydrogen) atoms. The van der Waals surface area contributed by atoms with Crippen LogP contribution in [0, 0.1) is 13.8 Å². The number of fused-ring (bicyclic) bond motifs is 1. The van der Waals surface area contributed by atoms with Gasteiger partial charge in [0, 0.05) is 46.8 Å². The van der Waals surface area contributed by atoms with E-state index in [4.69, 9.17) is 4.52 Å². The molecule has 7 heteroatoms. The normalized spacial score (nSPS) is 11.2. The van der Waals surface area contributed by atoms with Crippen LogP contribution < -0.4 is 5.32 Å². The minimum atomic E-state index is -0.292. The molecule has 1 aromatic carbocycles. The molecule has 0 unspecified atom stereocenters. The fourth-order valence-corrected chi connectivity index (χ4v) is 3.41. The van der Waals surface area contributed by atoms with Gasteiger partial charge in [-0.25, -0.2) is 0 Å². The van der Waals surface area contributed by atoms with Crippen LogP contribution in [0.4, 0.5) is 5.69 Å². The van der Waals surface area contributed by atoms with Crippen LogP contribution >= 0.6 is 0 Å². The maximum Gasteiger partial charge on any atom is 0.278 e. The van der Waals surface area contributed by atoms with Crippen molar-refractivity contribution in [3.63, 3.8) is 0 Å². The van der Waals surface area contributed by atoms with Gasteiger partial charge in [0.2, 0.25) is 0 Å². The fourth-order valence-electron chi connectivity index (χ4n) is 3.41. The number of nitrogens with one attached hydrogen (secondary N) is 1. The molecule has 0 aliphatic rings. The minimum absolute atomic E-state index is 0.283. The average Bonchev–Trinajstić information content (AvgIpc) is 3.35. The molecule has 7 nitrogen and oxygen atoms in total. The highest BCUT2D eigenvalue weighted by Crippen LogP contribution is 2.24. The summed E-state index contributed by atoms with van der Waals surface area (Å²) < 4.78 is 9.23. The zero-order valence-corrected chi connectivity index (χ0v) is 15.6. The third-order valence-electron chi connectivity index (χ3n) is 4.76. The van der Waals surface area contributed by atoms with Crippen molar-refractivity contribution in [3.05, 3.63) is 65.4 Å². The van der Waals surface area contributed by atoms with Crippen LogP contribution in [0.1, 0.15) is 34.4 Å². The standard InChI is InChI=1S/C20H21N5O2/c1-4-25-13(2)10-15-11-16(6-7-18(15)25)22-20(26)19-17(14(3)27-23-19)12-24-9-5-8-21-24/h5-11H,4,12H2,1-3H3,(H,22,26). The van der Waals surface area contributed by atoms with Gasteiger partial charge in [0.05, 0.1) is 6.54 Å². The molecule has 0 atom stereocenters. The van der Waals surface area contributed by atoms with E-state index in [1.54, 1.807) is 17.8 Å². The molecule has 0 saturated carbocycles. The Morgan fingerprint density at radius 2 is 2.11 bits per heavy atom. The maximum absolute atomic E-state index is 12.8. The molecule has 4 rings (SSSR count). The summed E-state index contributed by atoms with van der Waals surface area (Å²) in [5.41, 5.74) is 4.09. The Morgan fingerprint density at radius 1 is 1.26 bits per heavy atom. The van der Waals surface area contributed by atoms with Gasteiger partial charge in [-0.05, 0) is 51.1 Å². The predicted octanol–water partition coefficient (Wildman–Crippen LogP) is 3.76. The summed E-state index contributed by atoms with van der Waals surface area (Å²) in [6.45, 7) is 7.35. The second-order valence-electron chi connectivity index (χ2n) is 6.53. The molecule has 138 valence electrons. The summed E-state index contributed by atoms with van der Waals surface area (Å²) >= 11 is 0. The third kappa shape index (κ3) is 3.12. The first-order valence-corrected chi connectivity index (χ1v) is 8.90. The lowest BCUT2D eigenvalue weighted by Crippen LogP contribution is -2.16. The number of hydrogen-bond acceptors (Lipinski definition) is 4. The first kappa shape index (κ1) is 17.1. The van der Waals surface area contributed by atoms with Gasteiger partial charge in [-0.15, -0.1) is 0 Å². The summed E-state index contributed by atoms with van der Waals surface area (Å²) in [6.07, 6.45) is 3.53. The van der Waals surface area contributed by atoms with Crippen molar-refractivity contribution in [2.24, 2.45) is 0 Å². The monoisotopic (exact) mass is 363 g/mol. The Labute approximate surface area is 156 Å². The Kier molecular flexibility index (Phi) is 4.27. The van der Waals surface area contributed by atoms with Gasteiger partial charge in [0.15, 0.2) is 5.69 Å². The summed E-state index contributed by atoms with van der Waals surface area (Å²) in [5, 5.41) is 12.2. The van der Waals surface area contributed by atoms with Crippen molar-refractivity contribution >= 4 is 22.5 Å². The minimum Gasteiger partial charge on any atom is -0.361 e. The molecule has 0 bridgehead atoms. The number of nitrogens with zero attached hydrogens (tertiary/aromatic N) is 4. The molecule has 0 aliphatic carbocycles. The zero-order valence-electron chi connectivity index (χ0n) is 15.6. The number of anilines is 1. The maximum atomic E-state index is 12.8. The lowest BCUT2D eigenvalue weighted by atomic mass is 10.1. The van der Waals surface area contributed by atoms with Crippen molar-refractivity contribution < 1.29 is 9.32 Å². The number of aryl methyl sites for hydroxylation is 3. The molecule has 4 aromatic rings. The molecule has 0 radical (unpaired) electrons. The van der Waals surface area contributed by atoms with Gasteiger partial charge in [0.1, 0.15) is 5.76 Å². The largest absolute Gasteiger partial charge is 0.361 e. The quantitative estimate of drug-likeness (QED) is 0.585. The first-order valence-electron chi connectivity index (χ1n) is 8.90. The van der Waals surface area contributed by atoms with E-state index in [0.717, 1.165) is 28.7 Å². The first-order chi connectivity index (χ1) is 13.1. The third-order valence-corrected chi connectivity index (χ3v) is 4.76. The Morgan fingerprint density at radius 3 is 2.85 bits per heavy atom. The van der Waals surface area contributed by atoms with E-state index >= 15 is 0 Å². The van der Waals surface area contributed by atoms with E-state index in [1.807, 2.05) is 30.5 Å². The molecular weight excluding hydrogens is 342 g/mol. The summed E-state index contributed by atoms with van der Waals surface area (Å²) in [5.74, 6) is 0.321. The number of amides is 1. The number of hydrogen-bond donors (Lipinski definition) is 1. The molecule has 1 N–H and O–H groups in total. The molecule has 0 fully saturated rings. The van der Waals surface area contributed by atoms with Crippen molar-refractivity contribution in [1.29, 1.82) is 0 Å². The summed E-state index contributed by atoms with van der Waals surface area (Å²) in [7, 11) is 0. The highest BCUT2D eigenvalue weighted by atomic mass is 16.5. The van der Waals surface area contributed by atoms with Crippen molar-refractivity contribution in [2.45, 2.75) is 33.9 Å². The summed E-state index contributed by atoms with van der Waals surface area (Å²) in [6, 6.07) is 9.87. The van der Waals surface area contributed by atoms with Crippen LogP contribution in [0.2, 0.25) is 0 Å². The number of carbonyl (C=O) groups excluding carboxylic acids is 1. The highest BCUT2D eigenvalue weighted by molar-refractivity contribution is 6.04. The van der Waals surface area contributed by atoms with Crippen molar-refractivity contribution in [1.82, 2.24) is 19.5 Å². The van der Waals surface area contributed by atoms with Gasteiger partial charge < -0.3 is 14.4 Å². The second kappa shape index (κ2) is 6.75. The summed E-state index contributed by atoms with van der Waals surface area (Å²) in [4.78, 5) is 12.8. The van der Waals surface area contributed by atoms with E-state index < -0.39 is 0 Å². The molecule has 0 aliphatic heterocycles. The lowest BCUT2D eigenvalue weighted by Gasteiger charge is -2.07. The van der Waals surface area contributed by atoms with E-state index in [0.29, 0.717) is 12.3 Å². The molecule has 3 aromatic heterocycles. The number of rotatable bonds is 5. The average molecular weight is 363 g/mol. The van der Waals surface area contributed by atoms with Gasteiger partial charge in [-0.1, -0.05) is 5.16 Å². The zero-order chi connectivity index (χ0) is 19.0. The van der Waals surface area contributed by atoms with E-state index in [1.165, 1.54) is 5.69 Å².